The fourth-order valence-electron chi connectivity index (χ4n) is 4.30. The van der Waals surface area contributed by atoms with Crippen LogP contribution >= 0.6 is 0 Å². The molecule has 138 valence electrons. The van der Waals surface area contributed by atoms with Gasteiger partial charge < -0.3 is 5.11 Å². The molecule has 9 heteroatoms. The van der Waals surface area contributed by atoms with Crippen molar-refractivity contribution < 1.29 is 24.4 Å². The quantitative estimate of drug-likeness (QED) is 0.547. The van der Waals surface area contributed by atoms with Crippen LogP contribution in [0.1, 0.15) is 35.2 Å². The zero-order valence-corrected chi connectivity index (χ0v) is 14.1. The van der Waals surface area contributed by atoms with Gasteiger partial charge in [0.25, 0.3) is 11.6 Å². The molecule has 0 spiro atoms. The first-order valence-corrected chi connectivity index (χ1v) is 8.37. The summed E-state index contributed by atoms with van der Waals surface area (Å²) in [5, 5.41) is 20.2. The van der Waals surface area contributed by atoms with E-state index >= 15 is 0 Å². The van der Waals surface area contributed by atoms with E-state index in [0.717, 1.165) is 19.3 Å². The zero-order valence-electron chi connectivity index (χ0n) is 14.1. The van der Waals surface area contributed by atoms with Crippen molar-refractivity contribution in [3.63, 3.8) is 0 Å². The van der Waals surface area contributed by atoms with Gasteiger partial charge in [-0.25, -0.2) is 0 Å². The predicted molar refractivity (Wildman–Crippen MR) is 88.9 cm³/mol. The average Bonchev–Trinajstić information content (AvgIpc) is 3.20. The van der Waals surface area contributed by atoms with Crippen LogP contribution in [0.2, 0.25) is 0 Å². The highest BCUT2D eigenvalue weighted by Gasteiger charge is 2.54. The molecule has 1 aromatic rings. The first kappa shape index (κ1) is 17.8. The largest absolute Gasteiger partial charge is 0.481 e. The van der Waals surface area contributed by atoms with Crippen LogP contribution in [0.5, 0.6) is 0 Å². The Kier molecular flexibility index (Phi) is 4.62. The number of fused-ring (bicyclic) bond motifs is 2. The third-order valence-corrected chi connectivity index (χ3v) is 5.46. The third-order valence-electron chi connectivity index (χ3n) is 5.46. The molecule has 0 radical (unpaired) electrons. The summed E-state index contributed by atoms with van der Waals surface area (Å²) in [4.78, 5) is 46.3. The number of carboxylic acid groups (broad SMARTS) is 1. The second-order valence-corrected chi connectivity index (χ2v) is 6.92. The van der Waals surface area contributed by atoms with E-state index in [1.807, 2.05) is 0 Å². The van der Waals surface area contributed by atoms with Crippen molar-refractivity contribution in [1.82, 2.24) is 10.9 Å². The van der Waals surface area contributed by atoms with Crippen molar-refractivity contribution in [3.8, 4) is 0 Å². The van der Waals surface area contributed by atoms with Crippen molar-refractivity contribution >= 4 is 23.5 Å². The van der Waals surface area contributed by atoms with Crippen LogP contribution in [0.15, 0.2) is 18.2 Å². The summed E-state index contributed by atoms with van der Waals surface area (Å²) in [6, 6.07) is 3.88. The van der Waals surface area contributed by atoms with Gasteiger partial charge in [-0.05, 0) is 50.2 Å². The van der Waals surface area contributed by atoms with Gasteiger partial charge in [0.05, 0.1) is 16.8 Å². The molecule has 2 aliphatic carbocycles. The number of aliphatic carboxylic acids is 1. The Bertz CT molecular complexity index is 793. The number of aryl methyl sites for hydroxylation is 1. The Morgan fingerprint density at radius 1 is 1.15 bits per heavy atom. The van der Waals surface area contributed by atoms with Crippen LogP contribution in [-0.2, 0) is 9.59 Å². The smallest absolute Gasteiger partial charge is 0.307 e. The highest BCUT2D eigenvalue weighted by Crippen LogP contribution is 2.52. The van der Waals surface area contributed by atoms with E-state index in [9.17, 15) is 29.6 Å². The molecule has 9 nitrogen and oxygen atoms in total. The molecular weight excluding hydrogens is 342 g/mol. The standard InChI is InChI=1S/C17H19N3O6/c1-8-6-11(4-5-12(8)20(25)26)15(21)18-19-16(22)13-9-2-3-10(7-9)14(13)17(23)24/h4-6,9-10,13-14H,2-3,7H2,1H3,(H,18,21)(H,19,22)(H,23,24)/t9-,10+,13+,14+/m1/s1. The number of nitro groups is 1. The van der Waals surface area contributed by atoms with Gasteiger partial charge in [0, 0.05) is 17.2 Å². The number of benzene rings is 1. The number of nitrogens with zero attached hydrogens (tertiary/aromatic N) is 1. The van der Waals surface area contributed by atoms with Gasteiger partial charge in [-0.3, -0.25) is 35.3 Å². The van der Waals surface area contributed by atoms with Gasteiger partial charge in [0.2, 0.25) is 5.91 Å². The molecular formula is C17H19N3O6. The number of nitro benzene ring substituents is 1. The number of nitrogens with one attached hydrogen (secondary N) is 2. The highest BCUT2D eigenvalue weighted by molar-refractivity contribution is 5.96. The van der Waals surface area contributed by atoms with Crippen molar-refractivity contribution in [2.75, 3.05) is 0 Å². The van der Waals surface area contributed by atoms with Crippen LogP contribution in [0, 0.1) is 40.7 Å². The van der Waals surface area contributed by atoms with Gasteiger partial charge in [-0.1, -0.05) is 0 Å². The molecule has 2 saturated carbocycles. The first-order valence-electron chi connectivity index (χ1n) is 8.37. The fraction of sp³-hybridized carbons (Fsp3) is 0.471. The summed E-state index contributed by atoms with van der Waals surface area (Å²) < 4.78 is 0. The number of carbonyl (C=O) groups excluding carboxylic acids is 2. The maximum absolute atomic E-state index is 12.4. The third kappa shape index (κ3) is 3.12. The maximum atomic E-state index is 12.4. The molecule has 26 heavy (non-hydrogen) atoms. The molecule has 0 aliphatic heterocycles. The SMILES string of the molecule is Cc1cc(C(=O)NNC(=O)[C@H]2[C@@H]3CC[C@@H](C3)[C@@H]2C(=O)O)ccc1[N+](=O)[O-]. The zero-order chi connectivity index (χ0) is 19.0. The fourth-order valence-corrected chi connectivity index (χ4v) is 4.30. The van der Waals surface area contributed by atoms with Gasteiger partial charge in [0.15, 0.2) is 0 Å². The van der Waals surface area contributed by atoms with Gasteiger partial charge in [-0.2, -0.15) is 0 Å². The van der Waals surface area contributed by atoms with E-state index in [2.05, 4.69) is 10.9 Å². The van der Waals surface area contributed by atoms with E-state index in [1.165, 1.54) is 25.1 Å². The summed E-state index contributed by atoms with van der Waals surface area (Å²) in [6.45, 7) is 1.51. The maximum Gasteiger partial charge on any atom is 0.307 e. The predicted octanol–water partition coefficient (Wildman–Crippen LogP) is 1.41. The molecule has 2 fully saturated rings. The minimum absolute atomic E-state index is 0.0151. The van der Waals surface area contributed by atoms with E-state index in [1.54, 1.807) is 0 Å². The van der Waals surface area contributed by atoms with Crippen LogP contribution < -0.4 is 10.9 Å². The molecule has 3 N–H and O–H groups in total. The molecule has 3 rings (SSSR count). The Morgan fingerprint density at radius 2 is 1.81 bits per heavy atom. The lowest BCUT2D eigenvalue weighted by Crippen LogP contribution is -2.48. The van der Waals surface area contributed by atoms with Crippen LogP contribution in [0.25, 0.3) is 0 Å². The van der Waals surface area contributed by atoms with Crippen LogP contribution in [0.3, 0.4) is 0 Å². The number of hydrogen-bond donors (Lipinski definition) is 3. The number of hydrogen-bond acceptors (Lipinski definition) is 5. The topological polar surface area (TPSA) is 139 Å². The second-order valence-electron chi connectivity index (χ2n) is 6.92. The lowest BCUT2D eigenvalue weighted by atomic mass is 9.79. The minimum Gasteiger partial charge on any atom is -0.481 e. The molecule has 4 atom stereocenters. The first-order chi connectivity index (χ1) is 12.3. The molecule has 0 saturated heterocycles. The molecule has 0 aromatic heterocycles. The lowest BCUT2D eigenvalue weighted by Gasteiger charge is -2.26. The van der Waals surface area contributed by atoms with E-state index < -0.39 is 34.5 Å². The number of amides is 2. The number of hydrazine groups is 1. The summed E-state index contributed by atoms with van der Waals surface area (Å²) in [5.41, 5.74) is 4.97. The number of rotatable bonds is 4. The van der Waals surface area contributed by atoms with Crippen molar-refractivity contribution in [3.05, 3.63) is 39.4 Å². The van der Waals surface area contributed by atoms with E-state index in [4.69, 9.17) is 0 Å². The molecule has 2 amide bonds. The average molecular weight is 361 g/mol. The summed E-state index contributed by atoms with van der Waals surface area (Å²) in [7, 11) is 0. The highest BCUT2D eigenvalue weighted by atomic mass is 16.6. The number of carbonyl (C=O) groups is 3. The Labute approximate surface area is 148 Å². The molecule has 0 heterocycles. The van der Waals surface area contributed by atoms with Crippen molar-refractivity contribution in [2.45, 2.75) is 26.2 Å². The normalized spacial score (nSPS) is 26.3. The molecule has 1 aromatic carbocycles. The van der Waals surface area contributed by atoms with Crippen LogP contribution in [-0.4, -0.2) is 27.8 Å². The van der Waals surface area contributed by atoms with Crippen LogP contribution in [0.4, 0.5) is 5.69 Å². The lowest BCUT2D eigenvalue weighted by molar-refractivity contribution is -0.385. The van der Waals surface area contributed by atoms with Gasteiger partial charge in [0.1, 0.15) is 0 Å². The summed E-state index contributed by atoms with van der Waals surface area (Å²) >= 11 is 0. The number of carboxylic acids is 1. The summed E-state index contributed by atoms with van der Waals surface area (Å²) in [6.07, 6.45) is 2.37. The van der Waals surface area contributed by atoms with Gasteiger partial charge >= 0.3 is 5.97 Å². The Morgan fingerprint density at radius 3 is 2.38 bits per heavy atom. The second kappa shape index (κ2) is 6.74. The Hall–Kier alpha value is -2.97. The monoisotopic (exact) mass is 361 g/mol. The molecule has 2 bridgehead atoms. The molecule has 2 aliphatic rings. The van der Waals surface area contributed by atoms with Crippen molar-refractivity contribution in [2.24, 2.45) is 23.7 Å². The van der Waals surface area contributed by atoms with Crippen molar-refractivity contribution in [1.29, 1.82) is 0 Å². The molecule has 0 unspecified atom stereocenters. The summed E-state index contributed by atoms with van der Waals surface area (Å²) in [5.74, 6) is -3.42. The Balaban J connectivity index is 1.64. The van der Waals surface area contributed by atoms with E-state index in [0.29, 0.717) is 5.56 Å². The van der Waals surface area contributed by atoms with E-state index in [-0.39, 0.29) is 23.1 Å². The minimum atomic E-state index is -0.977. The van der Waals surface area contributed by atoms with Gasteiger partial charge in [-0.15, -0.1) is 0 Å².